The molecule has 0 bridgehead atoms. The number of esters is 4. The van der Waals surface area contributed by atoms with Crippen molar-refractivity contribution in [2.24, 2.45) is 11.8 Å². The molecule has 2 aromatic rings. The van der Waals surface area contributed by atoms with Crippen LogP contribution in [-0.2, 0) is 28.5 Å². The Bertz CT molecular complexity index is 1120. The first-order valence-electron chi connectivity index (χ1n) is 13.5. The number of benzene rings is 2. The van der Waals surface area contributed by atoms with E-state index < -0.39 is 0 Å². The fourth-order valence-corrected chi connectivity index (χ4v) is 6.71. The van der Waals surface area contributed by atoms with Crippen LogP contribution in [0.15, 0.2) is 60.7 Å². The number of hydrogen-bond acceptors (Lipinski definition) is 10. The summed E-state index contributed by atoms with van der Waals surface area (Å²) < 4.78 is 21.8. The van der Waals surface area contributed by atoms with Crippen molar-refractivity contribution in [2.45, 2.75) is 73.1 Å². The van der Waals surface area contributed by atoms with Gasteiger partial charge in [0.05, 0.1) is 11.1 Å². The highest BCUT2D eigenvalue weighted by Crippen LogP contribution is 2.44. The summed E-state index contributed by atoms with van der Waals surface area (Å²) >= 11 is 2.88. The molecule has 0 spiro atoms. The molecule has 40 heavy (non-hydrogen) atoms. The Labute approximate surface area is 241 Å². The zero-order valence-electron chi connectivity index (χ0n) is 22.3. The number of ether oxygens (including phenoxy) is 4. The zero-order chi connectivity index (χ0) is 28.2. The quantitative estimate of drug-likeness (QED) is 0.302. The molecule has 2 heterocycles. The molecule has 2 aliphatic heterocycles. The highest BCUT2D eigenvalue weighted by Gasteiger charge is 2.47. The van der Waals surface area contributed by atoms with Crippen molar-refractivity contribution in [2.75, 3.05) is 0 Å². The Kier molecular flexibility index (Phi) is 9.05. The number of rotatable bonds is 8. The third-order valence-corrected chi connectivity index (χ3v) is 9.49. The van der Waals surface area contributed by atoms with E-state index >= 15 is 0 Å². The fourth-order valence-electron chi connectivity index (χ4n) is 4.41. The molecule has 2 unspecified atom stereocenters. The second-order valence-corrected chi connectivity index (χ2v) is 13.2. The van der Waals surface area contributed by atoms with Gasteiger partial charge in [0.15, 0.2) is 23.1 Å². The number of cyclic esters (lactones) is 2. The molecular formula is C30H32O8S2. The summed E-state index contributed by atoms with van der Waals surface area (Å²) in [5.74, 6) is -0.503. The van der Waals surface area contributed by atoms with Crippen molar-refractivity contribution in [1.82, 2.24) is 0 Å². The van der Waals surface area contributed by atoms with Crippen molar-refractivity contribution in [3.63, 3.8) is 0 Å². The monoisotopic (exact) mass is 584 g/mol. The van der Waals surface area contributed by atoms with Gasteiger partial charge in [-0.05, 0) is 63.8 Å². The fraction of sp³-hybridized carbons (Fsp3) is 0.467. The van der Waals surface area contributed by atoms with Crippen LogP contribution in [0.3, 0.4) is 0 Å². The molecule has 212 valence electrons. The molecule has 0 radical (unpaired) electrons. The van der Waals surface area contributed by atoms with Gasteiger partial charge in [-0.15, -0.1) is 0 Å². The van der Waals surface area contributed by atoms with E-state index in [-0.39, 0.29) is 57.5 Å². The maximum atomic E-state index is 12.1. The molecule has 2 saturated carbocycles. The molecule has 4 aliphatic rings. The standard InChI is InChI=1S/2C15H16O4S/c2*1-9-13(16)19-15(20-9)12(10-7-8-10)18-14(17)11-5-3-2-4-6-11/h2*2-6,9-10,12,15H,7-8H2,1H3/t9-,12?,15+;9-,12?,15-/m00/s1. The predicted molar refractivity (Wildman–Crippen MR) is 151 cm³/mol. The molecule has 6 atom stereocenters. The van der Waals surface area contributed by atoms with E-state index in [1.165, 1.54) is 23.5 Å². The third-order valence-electron chi connectivity index (χ3n) is 7.02. The van der Waals surface area contributed by atoms with E-state index in [2.05, 4.69) is 0 Å². The van der Waals surface area contributed by atoms with Crippen LogP contribution in [0.2, 0.25) is 0 Å². The van der Waals surface area contributed by atoms with E-state index in [0.29, 0.717) is 23.0 Å². The molecule has 0 aromatic heterocycles. The Morgan fingerprint density at radius 1 is 0.675 bits per heavy atom. The molecule has 0 amide bonds. The van der Waals surface area contributed by atoms with Gasteiger partial charge in [-0.25, -0.2) is 9.59 Å². The van der Waals surface area contributed by atoms with Crippen LogP contribution in [0.25, 0.3) is 0 Å². The first-order valence-corrected chi connectivity index (χ1v) is 15.4. The van der Waals surface area contributed by atoms with E-state index in [9.17, 15) is 19.2 Å². The lowest BCUT2D eigenvalue weighted by Gasteiger charge is -2.21. The van der Waals surface area contributed by atoms with Gasteiger partial charge in [0.2, 0.25) is 0 Å². The molecule has 2 aromatic carbocycles. The van der Waals surface area contributed by atoms with E-state index in [1.807, 2.05) is 26.0 Å². The minimum atomic E-state index is -0.363. The summed E-state index contributed by atoms with van der Waals surface area (Å²) in [5.41, 5.74) is 0.330. The molecule has 2 saturated heterocycles. The van der Waals surface area contributed by atoms with Gasteiger partial charge in [0.1, 0.15) is 10.5 Å². The molecule has 0 N–H and O–H groups in total. The number of thioether (sulfide) groups is 2. The average Bonchev–Trinajstić information content (AvgIpc) is 3.90. The van der Waals surface area contributed by atoms with Crippen LogP contribution < -0.4 is 0 Å². The van der Waals surface area contributed by atoms with Crippen molar-refractivity contribution >= 4 is 47.4 Å². The SMILES string of the molecule is C[C@@H]1S[C@@H](C(OC(=O)c2ccccc2)C2CC2)OC1=O.C[C@@H]1S[C@H](C(OC(=O)c2ccccc2)C2CC2)OC1=O. The number of hydrogen-bond donors (Lipinski definition) is 0. The maximum absolute atomic E-state index is 12.1. The molecule has 2 aliphatic carbocycles. The van der Waals surface area contributed by atoms with Gasteiger partial charge in [-0.3, -0.25) is 9.59 Å². The molecule has 6 rings (SSSR count). The number of carbonyl (C=O) groups excluding carboxylic acids is 4. The van der Waals surface area contributed by atoms with Crippen LogP contribution in [0.4, 0.5) is 0 Å². The summed E-state index contributed by atoms with van der Waals surface area (Å²) in [5, 5.41) is -0.367. The van der Waals surface area contributed by atoms with E-state index in [1.54, 1.807) is 48.5 Å². The smallest absolute Gasteiger partial charge is 0.338 e. The van der Waals surface area contributed by atoms with Gasteiger partial charge in [0.25, 0.3) is 0 Å². The zero-order valence-corrected chi connectivity index (χ0v) is 23.9. The topological polar surface area (TPSA) is 105 Å². The first kappa shape index (κ1) is 28.5. The molecular weight excluding hydrogens is 552 g/mol. The van der Waals surface area contributed by atoms with Crippen molar-refractivity contribution in [3.05, 3.63) is 71.8 Å². The first-order chi connectivity index (χ1) is 19.3. The Morgan fingerprint density at radius 2 is 1.02 bits per heavy atom. The summed E-state index contributed by atoms with van der Waals surface area (Å²) in [4.78, 5) is 47.3. The third kappa shape index (κ3) is 7.20. The van der Waals surface area contributed by atoms with E-state index in [4.69, 9.17) is 18.9 Å². The largest absolute Gasteiger partial charge is 0.454 e. The Hall–Kier alpha value is -2.98. The van der Waals surface area contributed by atoms with Crippen LogP contribution in [-0.4, -0.2) is 57.5 Å². The normalized spacial score (nSPS) is 26.9. The average molecular weight is 585 g/mol. The molecule has 8 nitrogen and oxygen atoms in total. The minimum Gasteiger partial charge on any atom is -0.454 e. The van der Waals surface area contributed by atoms with Gasteiger partial charge in [-0.1, -0.05) is 59.9 Å². The second-order valence-electron chi connectivity index (χ2n) is 10.3. The van der Waals surface area contributed by atoms with Gasteiger partial charge in [-0.2, -0.15) is 0 Å². The molecule has 10 heteroatoms. The van der Waals surface area contributed by atoms with Crippen LogP contribution in [0, 0.1) is 11.8 Å². The lowest BCUT2D eigenvalue weighted by molar-refractivity contribution is -0.146. The molecule has 4 fully saturated rings. The Balaban J connectivity index is 0.000000161. The Morgan fingerprint density at radius 3 is 1.30 bits per heavy atom. The van der Waals surface area contributed by atoms with Gasteiger partial charge < -0.3 is 18.9 Å². The highest BCUT2D eigenvalue weighted by molar-refractivity contribution is 8.01. The summed E-state index contributed by atoms with van der Waals surface area (Å²) in [6.07, 6.45) is 3.43. The lowest BCUT2D eigenvalue weighted by atomic mass is 10.2. The van der Waals surface area contributed by atoms with Gasteiger partial charge in [0, 0.05) is 11.8 Å². The van der Waals surface area contributed by atoms with Gasteiger partial charge >= 0.3 is 23.9 Å². The van der Waals surface area contributed by atoms with Crippen molar-refractivity contribution in [3.8, 4) is 0 Å². The predicted octanol–water partition coefficient (Wildman–Crippen LogP) is 5.25. The van der Waals surface area contributed by atoms with Crippen molar-refractivity contribution in [1.29, 1.82) is 0 Å². The summed E-state index contributed by atoms with van der Waals surface area (Å²) in [7, 11) is 0. The van der Waals surface area contributed by atoms with Crippen LogP contribution in [0.1, 0.15) is 60.2 Å². The summed E-state index contributed by atoms with van der Waals surface area (Å²) in [6, 6.07) is 17.8. The van der Waals surface area contributed by atoms with Crippen LogP contribution >= 0.6 is 23.5 Å². The maximum Gasteiger partial charge on any atom is 0.338 e. The lowest BCUT2D eigenvalue weighted by Crippen LogP contribution is -2.31. The highest BCUT2D eigenvalue weighted by atomic mass is 32.2. The second kappa shape index (κ2) is 12.7. The van der Waals surface area contributed by atoms with E-state index in [0.717, 1.165) is 25.7 Å². The van der Waals surface area contributed by atoms with Crippen LogP contribution in [0.5, 0.6) is 0 Å². The number of carbonyl (C=O) groups is 4. The summed E-state index contributed by atoms with van der Waals surface area (Å²) in [6.45, 7) is 3.63. The minimum absolute atomic E-state index is 0.184. The van der Waals surface area contributed by atoms with Crippen molar-refractivity contribution < 1.29 is 38.1 Å².